The number of hydrogen-bond acceptors (Lipinski definition) is 2. The molecule has 0 saturated carbocycles. The van der Waals surface area contributed by atoms with Crippen molar-refractivity contribution in [3.63, 3.8) is 0 Å². The molecule has 0 N–H and O–H groups in total. The summed E-state index contributed by atoms with van der Waals surface area (Å²) in [5.41, 5.74) is 18.5. The number of aryl methyl sites for hydroxylation is 4. The van der Waals surface area contributed by atoms with Gasteiger partial charge in [0.2, 0.25) is 0 Å². The van der Waals surface area contributed by atoms with Crippen molar-refractivity contribution in [3.05, 3.63) is 287 Å². The van der Waals surface area contributed by atoms with E-state index in [1.807, 2.05) is 0 Å². The van der Waals surface area contributed by atoms with Gasteiger partial charge in [0.25, 0.3) is 0 Å². The lowest BCUT2D eigenvalue weighted by atomic mass is 9.67. The Hall–Kier alpha value is -8.72. The van der Waals surface area contributed by atoms with Crippen LogP contribution in [-0.2, 0) is 5.41 Å². The lowest BCUT2D eigenvalue weighted by molar-refractivity contribution is 0.767. The van der Waals surface area contributed by atoms with Gasteiger partial charge in [-0.15, -0.1) is 0 Å². The van der Waals surface area contributed by atoms with Crippen molar-refractivity contribution in [2.75, 3.05) is 9.80 Å². The van der Waals surface area contributed by atoms with Gasteiger partial charge >= 0.3 is 0 Å². The number of nitrogens with zero attached hydrogens (tertiary/aromatic N) is 2. The van der Waals surface area contributed by atoms with E-state index in [9.17, 15) is 0 Å². The molecule has 12 aromatic carbocycles. The fraction of sp³-hybridized carbons (Fsp3) is 0.0725. The maximum absolute atomic E-state index is 2.51. The number of benzene rings is 12. The molecule has 0 atom stereocenters. The molecule has 71 heavy (non-hydrogen) atoms. The zero-order chi connectivity index (χ0) is 47.8. The highest BCUT2D eigenvalue weighted by Gasteiger charge is 2.47. The van der Waals surface area contributed by atoms with Crippen LogP contribution in [0, 0.1) is 27.7 Å². The molecule has 2 nitrogen and oxygen atoms in total. The molecule has 13 rings (SSSR count). The van der Waals surface area contributed by atoms with Crippen LogP contribution >= 0.6 is 0 Å². The molecule has 0 saturated heterocycles. The predicted molar refractivity (Wildman–Crippen MR) is 302 cm³/mol. The molecule has 0 amide bonds. The Morgan fingerprint density at radius 3 is 0.873 bits per heavy atom. The lowest BCUT2D eigenvalue weighted by Crippen LogP contribution is -2.29. The molecular formula is C69H52N2. The first-order valence-corrected chi connectivity index (χ1v) is 24.8. The Morgan fingerprint density at radius 1 is 0.268 bits per heavy atom. The number of fused-ring (bicyclic) bond motifs is 7. The van der Waals surface area contributed by atoms with Crippen LogP contribution in [0.4, 0.5) is 34.1 Å². The van der Waals surface area contributed by atoms with Gasteiger partial charge in [0, 0.05) is 44.3 Å². The molecule has 0 unspecified atom stereocenters. The fourth-order valence-electron chi connectivity index (χ4n) is 11.6. The summed E-state index contributed by atoms with van der Waals surface area (Å²) in [6, 6.07) is 91.4. The van der Waals surface area contributed by atoms with Crippen LogP contribution in [0.1, 0.15) is 44.5 Å². The molecule has 1 aliphatic rings. The van der Waals surface area contributed by atoms with Gasteiger partial charge in [0.05, 0.1) is 16.8 Å². The first-order chi connectivity index (χ1) is 34.8. The van der Waals surface area contributed by atoms with Crippen LogP contribution in [0.15, 0.2) is 243 Å². The van der Waals surface area contributed by atoms with Crippen molar-refractivity contribution in [1.82, 2.24) is 0 Å². The van der Waals surface area contributed by atoms with Crippen molar-refractivity contribution in [2.45, 2.75) is 33.1 Å². The topological polar surface area (TPSA) is 6.48 Å². The molecule has 1 aliphatic carbocycles. The number of hydrogen-bond donors (Lipinski definition) is 0. The molecule has 12 aromatic rings. The molecule has 0 heterocycles. The lowest BCUT2D eigenvalue weighted by Gasteiger charge is -2.36. The monoisotopic (exact) mass is 908 g/mol. The zero-order valence-corrected chi connectivity index (χ0v) is 40.5. The van der Waals surface area contributed by atoms with E-state index >= 15 is 0 Å². The van der Waals surface area contributed by atoms with Gasteiger partial charge in [-0.05, 0) is 143 Å². The van der Waals surface area contributed by atoms with E-state index in [2.05, 4.69) is 280 Å². The Balaban J connectivity index is 1.13. The molecule has 0 radical (unpaired) electrons. The summed E-state index contributed by atoms with van der Waals surface area (Å²) >= 11 is 0. The van der Waals surface area contributed by atoms with Crippen LogP contribution in [0.25, 0.3) is 54.2 Å². The van der Waals surface area contributed by atoms with Crippen molar-refractivity contribution in [1.29, 1.82) is 0 Å². The van der Waals surface area contributed by atoms with Gasteiger partial charge in [-0.25, -0.2) is 0 Å². The van der Waals surface area contributed by atoms with Gasteiger partial charge in [0.15, 0.2) is 0 Å². The van der Waals surface area contributed by atoms with Gasteiger partial charge in [-0.1, -0.05) is 204 Å². The fourth-order valence-corrected chi connectivity index (χ4v) is 11.6. The quantitative estimate of drug-likeness (QED) is 0.140. The maximum atomic E-state index is 2.51. The number of rotatable bonds is 8. The SMILES string of the molecule is Cc1ccc(N(c2ccc3c(c2)C(c2ccc(C)cc2)(c2ccc(C)cc2)c2cc(N(c4ccc(C)cc4)c4c5ccccc5cc5ccccc45)ccc2-3)c2c3ccccc3cc3ccccc23)cc1. The summed E-state index contributed by atoms with van der Waals surface area (Å²) in [5, 5.41) is 9.69. The standard InChI is InChI=1S/C69H52N2/c1-45-21-29-53(30-22-45)69(54-31-23-46(2)24-32-54)65-43-57(70(55-33-25-47(3)26-34-55)67-59-17-9-5-13-49(59)41-50-14-6-10-18-60(50)67)37-39-63(65)64-40-38-58(44-66(64)69)71(56-35-27-48(4)28-36-56)68-61-19-11-7-15-51(61)42-52-16-8-12-20-62(52)68/h5-44H,1-4H3. The maximum Gasteiger partial charge on any atom is 0.0715 e. The summed E-state index contributed by atoms with van der Waals surface area (Å²) in [6.45, 7) is 8.72. The van der Waals surface area contributed by atoms with Crippen molar-refractivity contribution in [3.8, 4) is 11.1 Å². The second kappa shape index (κ2) is 16.8. The molecule has 0 fully saturated rings. The Labute approximate surface area is 416 Å². The Bertz CT molecular complexity index is 3640. The zero-order valence-electron chi connectivity index (χ0n) is 40.5. The average molecular weight is 909 g/mol. The van der Waals surface area contributed by atoms with Crippen molar-refractivity contribution >= 4 is 77.2 Å². The van der Waals surface area contributed by atoms with Crippen molar-refractivity contribution < 1.29 is 0 Å². The second-order valence-electron chi connectivity index (χ2n) is 19.6. The normalized spacial score (nSPS) is 12.6. The molecule has 2 heteroatoms. The highest BCUT2D eigenvalue weighted by Crippen LogP contribution is 2.59. The van der Waals surface area contributed by atoms with E-state index in [0.29, 0.717) is 0 Å². The van der Waals surface area contributed by atoms with Crippen LogP contribution < -0.4 is 9.80 Å². The molecular weight excluding hydrogens is 857 g/mol. The third-order valence-corrected chi connectivity index (χ3v) is 15.1. The molecule has 0 spiro atoms. The molecule has 0 aliphatic heterocycles. The Morgan fingerprint density at radius 2 is 0.549 bits per heavy atom. The first kappa shape index (κ1) is 42.4. The van der Waals surface area contributed by atoms with E-state index in [1.165, 1.54) is 110 Å². The van der Waals surface area contributed by atoms with Gasteiger partial charge < -0.3 is 9.80 Å². The third-order valence-electron chi connectivity index (χ3n) is 15.1. The highest BCUT2D eigenvalue weighted by molar-refractivity contribution is 6.16. The van der Waals surface area contributed by atoms with Crippen LogP contribution in [0.2, 0.25) is 0 Å². The van der Waals surface area contributed by atoms with Crippen molar-refractivity contribution in [2.24, 2.45) is 0 Å². The van der Waals surface area contributed by atoms with Crippen LogP contribution in [0.3, 0.4) is 0 Å². The largest absolute Gasteiger partial charge is 0.309 e. The summed E-state index contributed by atoms with van der Waals surface area (Å²) in [7, 11) is 0. The van der Waals surface area contributed by atoms with E-state index in [4.69, 9.17) is 0 Å². The number of anilines is 6. The smallest absolute Gasteiger partial charge is 0.0715 e. The minimum atomic E-state index is -0.697. The second-order valence-corrected chi connectivity index (χ2v) is 19.6. The van der Waals surface area contributed by atoms with Crippen LogP contribution in [-0.4, -0.2) is 0 Å². The van der Waals surface area contributed by atoms with E-state index < -0.39 is 5.41 Å². The summed E-state index contributed by atoms with van der Waals surface area (Å²) in [6.07, 6.45) is 0. The first-order valence-electron chi connectivity index (χ1n) is 24.8. The summed E-state index contributed by atoms with van der Waals surface area (Å²) in [5.74, 6) is 0. The third kappa shape index (κ3) is 6.85. The predicted octanol–water partition coefficient (Wildman–Crippen LogP) is 18.8. The molecule has 338 valence electrons. The van der Waals surface area contributed by atoms with E-state index in [-0.39, 0.29) is 0 Å². The minimum Gasteiger partial charge on any atom is -0.309 e. The summed E-state index contributed by atoms with van der Waals surface area (Å²) in [4.78, 5) is 5.02. The van der Waals surface area contributed by atoms with E-state index in [0.717, 1.165) is 22.7 Å². The van der Waals surface area contributed by atoms with Gasteiger partial charge in [-0.3, -0.25) is 0 Å². The average Bonchev–Trinajstić information content (AvgIpc) is 3.69. The molecule has 0 aromatic heterocycles. The molecule has 0 bridgehead atoms. The minimum absolute atomic E-state index is 0.697. The Kier molecular flexibility index (Phi) is 10.0. The van der Waals surface area contributed by atoms with Crippen LogP contribution in [0.5, 0.6) is 0 Å². The highest BCUT2D eigenvalue weighted by atomic mass is 15.2. The van der Waals surface area contributed by atoms with Gasteiger partial charge in [0.1, 0.15) is 0 Å². The summed E-state index contributed by atoms with van der Waals surface area (Å²) < 4.78 is 0. The van der Waals surface area contributed by atoms with Gasteiger partial charge in [-0.2, -0.15) is 0 Å². The van der Waals surface area contributed by atoms with E-state index in [1.54, 1.807) is 0 Å².